The van der Waals surface area contributed by atoms with Crippen LogP contribution in [0, 0.1) is 6.92 Å². The lowest BCUT2D eigenvalue weighted by Gasteiger charge is -1.96. The van der Waals surface area contributed by atoms with Crippen LogP contribution in [0.3, 0.4) is 0 Å². The molecule has 78 valence electrons. The van der Waals surface area contributed by atoms with Gasteiger partial charge in [-0.3, -0.25) is 4.79 Å². The summed E-state index contributed by atoms with van der Waals surface area (Å²) in [7, 11) is 1.85. The van der Waals surface area contributed by atoms with Crippen molar-refractivity contribution in [3.63, 3.8) is 0 Å². The van der Waals surface area contributed by atoms with Gasteiger partial charge in [-0.1, -0.05) is 0 Å². The van der Waals surface area contributed by atoms with Gasteiger partial charge < -0.3 is 4.57 Å². The topological polar surface area (TPSA) is 34.9 Å². The monoisotopic (exact) mass is 284 g/mol. The third-order valence-corrected chi connectivity index (χ3v) is 3.97. The smallest absolute Gasteiger partial charge is 0.168 e. The Labute approximate surface area is 99.9 Å². The Morgan fingerprint density at radius 2 is 2.33 bits per heavy atom. The van der Waals surface area contributed by atoms with Crippen LogP contribution < -0.4 is 0 Å². The highest BCUT2D eigenvalue weighted by atomic mass is 79.9. The predicted molar refractivity (Wildman–Crippen MR) is 64.3 cm³/mol. The highest BCUT2D eigenvalue weighted by Gasteiger charge is 2.14. The van der Waals surface area contributed by atoms with Crippen molar-refractivity contribution >= 4 is 33.6 Å². The molecule has 0 aliphatic rings. The van der Waals surface area contributed by atoms with Crippen LogP contribution in [-0.2, 0) is 7.05 Å². The van der Waals surface area contributed by atoms with E-state index in [2.05, 4.69) is 20.9 Å². The maximum Gasteiger partial charge on any atom is 0.168 e. The van der Waals surface area contributed by atoms with Crippen molar-refractivity contribution in [2.75, 3.05) is 0 Å². The van der Waals surface area contributed by atoms with E-state index in [0.29, 0.717) is 5.69 Å². The molecular weight excluding hydrogens is 276 g/mol. The normalized spacial score (nSPS) is 10.6. The zero-order valence-electron chi connectivity index (χ0n) is 8.32. The first-order valence-electron chi connectivity index (χ1n) is 4.36. The van der Waals surface area contributed by atoms with Gasteiger partial charge in [-0.05, 0) is 28.9 Å². The number of imidazole rings is 1. The number of rotatable bonds is 2. The van der Waals surface area contributed by atoms with Crippen LogP contribution in [0.5, 0.6) is 0 Å². The Kier molecular flexibility index (Phi) is 2.75. The van der Waals surface area contributed by atoms with Crippen molar-refractivity contribution in [3.05, 3.63) is 27.4 Å². The maximum atomic E-state index is 11.0. The molecule has 0 saturated carbocycles. The molecule has 0 fully saturated rings. The van der Waals surface area contributed by atoms with Crippen LogP contribution in [-0.4, -0.2) is 15.8 Å². The lowest BCUT2D eigenvalue weighted by molar-refractivity contribution is 0.111. The average Bonchev–Trinajstić information content (AvgIpc) is 2.73. The van der Waals surface area contributed by atoms with Gasteiger partial charge >= 0.3 is 0 Å². The first-order chi connectivity index (χ1) is 7.13. The maximum absolute atomic E-state index is 11.0. The molecule has 0 aliphatic heterocycles. The number of aryl methyl sites for hydroxylation is 1. The Balaban J connectivity index is 2.62. The van der Waals surface area contributed by atoms with Crippen molar-refractivity contribution in [1.82, 2.24) is 9.55 Å². The second kappa shape index (κ2) is 3.90. The summed E-state index contributed by atoms with van der Waals surface area (Å²) in [6, 6.07) is 1.97. The Hall–Kier alpha value is -0.940. The molecule has 0 aliphatic carbocycles. The van der Waals surface area contributed by atoms with Crippen LogP contribution in [0.15, 0.2) is 15.9 Å². The Bertz CT molecular complexity index is 515. The summed E-state index contributed by atoms with van der Waals surface area (Å²) in [6.07, 6.45) is 0.850. The zero-order chi connectivity index (χ0) is 11.0. The number of carbonyl (C=O) groups excluding carboxylic acids is 1. The van der Waals surface area contributed by atoms with Gasteiger partial charge in [-0.25, -0.2) is 4.98 Å². The quantitative estimate of drug-likeness (QED) is 0.795. The number of thiophene rings is 1. The van der Waals surface area contributed by atoms with E-state index in [-0.39, 0.29) is 0 Å². The summed E-state index contributed by atoms with van der Waals surface area (Å²) in [5.41, 5.74) is 1.39. The molecule has 15 heavy (non-hydrogen) atoms. The van der Waals surface area contributed by atoms with E-state index in [0.717, 1.165) is 27.2 Å². The lowest BCUT2D eigenvalue weighted by atomic mass is 10.3. The number of aldehydes is 1. The minimum absolute atomic E-state index is 0.627. The standard InChI is InChI=1S/C10H9BrN2OS/c1-6-12-10(8(4-14)13(6)2)9-3-7(11)5-15-9/h3-5H,1-2H3. The van der Waals surface area contributed by atoms with E-state index in [9.17, 15) is 4.79 Å². The first-order valence-corrected chi connectivity index (χ1v) is 6.03. The molecule has 0 amide bonds. The van der Waals surface area contributed by atoms with Gasteiger partial charge in [0.25, 0.3) is 0 Å². The molecule has 0 radical (unpaired) electrons. The summed E-state index contributed by atoms with van der Waals surface area (Å²) in [5.74, 6) is 0.844. The van der Waals surface area contributed by atoms with Crippen LogP contribution in [0.4, 0.5) is 0 Å². The molecule has 0 saturated heterocycles. The van der Waals surface area contributed by atoms with E-state index in [1.54, 1.807) is 15.9 Å². The third-order valence-electron chi connectivity index (χ3n) is 2.28. The summed E-state index contributed by atoms with van der Waals surface area (Å²) >= 11 is 4.96. The Morgan fingerprint density at radius 1 is 1.60 bits per heavy atom. The van der Waals surface area contributed by atoms with E-state index in [4.69, 9.17) is 0 Å². The third kappa shape index (κ3) is 1.77. The van der Waals surface area contributed by atoms with Gasteiger partial charge in [0, 0.05) is 16.9 Å². The largest absolute Gasteiger partial charge is 0.329 e. The highest BCUT2D eigenvalue weighted by molar-refractivity contribution is 9.10. The molecule has 2 aromatic heterocycles. The van der Waals surface area contributed by atoms with E-state index in [1.807, 2.05) is 25.4 Å². The van der Waals surface area contributed by atoms with Crippen molar-refractivity contribution in [2.24, 2.45) is 7.05 Å². The molecule has 5 heteroatoms. The van der Waals surface area contributed by atoms with Crippen LogP contribution in [0.1, 0.15) is 16.3 Å². The van der Waals surface area contributed by atoms with Crippen molar-refractivity contribution in [3.8, 4) is 10.6 Å². The summed E-state index contributed by atoms with van der Waals surface area (Å²) < 4.78 is 2.82. The zero-order valence-corrected chi connectivity index (χ0v) is 10.7. The minimum atomic E-state index is 0.627. The molecule has 0 atom stereocenters. The second-order valence-corrected chi connectivity index (χ2v) is 5.03. The molecular formula is C10H9BrN2OS. The second-order valence-electron chi connectivity index (χ2n) is 3.20. The van der Waals surface area contributed by atoms with Gasteiger partial charge in [-0.15, -0.1) is 11.3 Å². The van der Waals surface area contributed by atoms with E-state index >= 15 is 0 Å². The van der Waals surface area contributed by atoms with Gasteiger partial charge in [0.15, 0.2) is 6.29 Å². The SMILES string of the molecule is Cc1nc(-c2cc(Br)cs2)c(C=O)n1C. The molecule has 2 rings (SSSR count). The highest BCUT2D eigenvalue weighted by Crippen LogP contribution is 2.31. The van der Waals surface area contributed by atoms with Gasteiger partial charge in [0.1, 0.15) is 17.2 Å². The van der Waals surface area contributed by atoms with Crippen LogP contribution >= 0.6 is 27.3 Å². The average molecular weight is 285 g/mol. The molecule has 0 spiro atoms. The number of hydrogen-bond acceptors (Lipinski definition) is 3. The number of carbonyl (C=O) groups is 1. The number of aromatic nitrogens is 2. The predicted octanol–water partition coefficient (Wildman–Crippen LogP) is 3.03. The van der Waals surface area contributed by atoms with Crippen molar-refractivity contribution < 1.29 is 4.79 Å². The first kappa shape index (κ1) is 10.6. The fourth-order valence-electron chi connectivity index (χ4n) is 1.38. The molecule has 0 unspecified atom stereocenters. The van der Waals surface area contributed by atoms with E-state index in [1.165, 1.54) is 0 Å². The molecule has 3 nitrogen and oxygen atoms in total. The van der Waals surface area contributed by atoms with Gasteiger partial charge in [0.05, 0.1) is 4.88 Å². The summed E-state index contributed by atoms with van der Waals surface area (Å²) in [6.45, 7) is 1.89. The lowest BCUT2D eigenvalue weighted by Crippen LogP contribution is -1.96. The fraction of sp³-hybridized carbons (Fsp3) is 0.200. The molecule has 2 heterocycles. The molecule has 0 aromatic carbocycles. The molecule has 0 N–H and O–H groups in total. The number of nitrogens with zero attached hydrogens (tertiary/aromatic N) is 2. The van der Waals surface area contributed by atoms with Crippen molar-refractivity contribution in [1.29, 1.82) is 0 Å². The van der Waals surface area contributed by atoms with Gasteiger partial charge in [-0.2, -0.15) is 0 Å². The summed E-state index contributed by atoms with van der Waals surface area (Å²) in [4.78, 5) is 16.4. The summed E-state index contributed by atoms with van der Waals surface area (Å²) in [5, 5.41) is 1.98. The van der Waals surface area contributed by atoms with Crippen LogP contribution in [0.25, 0.3) is 10.6 Å². The number of halogens is 1. The fourth-order valence-corrected chi connectivity index (χ4v) is 2.81. The Morgan fingerprint density at radius 3 is 2.87 bits per heavy atom. The van der Waals surface area contributed by atoms with E-state index < -0.39 is 0 Å². The minimum Gasteiger partial charge on any atom is -0.329 e. The number of hydrogen-bond donors (Lipinski definition) is 0. The van der Waals surface area contributed by atoms with Crippen LogP contribution in [0.2, 0.25) is 0 Å². The molecule has 0 bridgehead atoms. The molecule has 2 aromatic rings. The van der Waals surface area contributed by atoms with Crippen molar-refractivity contribution in [2.45, 2.75) is 6.92 Å². The van der Waals surface area contributed by atoms with Gasteiger partial charge in [0.2, 0.25) is 0 Å².